The van der Waals surface area contributed by atoms with E-state index in [-0.39, 0.29) is 21.7 Å². The van der Waals surface area contributed by atoms with Gasteiger partial charge in [-0.2, -0.15) is 5.10 Å². The molecule has 0 aliphatic rings. The SMILES string of the molecule is Clc1ncnc2n[nH]c(-c3ccc(Oc4ccccc4)cc3)c12.O=C(c1ccc(Oc2ccccc2)cc1)c1c(Cl)ncnc1Cl. The Morgan fingerprint density at radius 2 is 1.04 bits per heavy atom. The van der Waals surface area contributed by atoms with Gasteiger partial charge < -0.3 is 9.47 Å². The van der Waals surface area contributed by atoms with Gasteiger partial charge in [-0.1, -0.05) is 71.2 Å². The van der Waals surface area contributed by atoms with Crippen molar-refractivity contribution in [3.8, 4) is 34.3 Å². The number of fused-ring (bicyclic) bond motifs is 1. The van der Waals surface area contributed by atoms with Crippen LogP contribution in [0, 0.1) is 0 Å². The second-order valence-corrected chi connectivity index (χ2v) is 10.6. The van der Waals surface area contributed by atoms with E-state index in [1.165, 1.54) is 12.7 Å². The third-order valence-corrected chi connectivity index (χ3v) is 7.36. The average molecular weight is 668 g/mol. The summed E-state index contributed by atoms with van der Waals surface area (Å²) in [6, 6.07) is 33.3. The first kappa shape index (κ1) is 30.7. The van der Waals surface area contributed by atoms with Gasteiger partial charge in [0.2, 0.25) is 0 Å². The maximum atomic E-state index is 12.5. The van der Waals surface area contributed by atoms with Crippen molar-refractivity contribution >= 4 is 51.6 Å². The maximum Gasteiger partial charge on any atom is 0.199 e. The number of hydrogen-bond acceptors (Lipinski definition) is 8. The average Bonchev–Trinajstić information content (AvgIpc) is 3.52. The first-order valence-corrected chi connectivity index (χ1v) is 14.8. The molecule has 12 heteroatoms. The van der Waals surface area contributed by atoms with Crippen molar-refractivity contribution in [3.63, 3.8) is 0 Å². The molecule has 0 unspecified atom stereocenters. The summed E-state index contributed by atoms with van der Waals surface area (Å²) in [6.45, 7) is 0. The molecule has 0 aliphatic carbocycles. The van der Waals surface area contributed by atoms with Gasteiger partial charge in [-0.05, 0) is 72.8 Å². The fraction of sp³-hybridized carbons (Fsp3) is 0. The number of carbonyl (C=O) groups excluding carboxylic acids is 1. The van der Waals surface area contributed by atoms with Gasteiger partial charge >= 0.3 is 0 Å². The van der Waals surface area contributed by atoms with Crippen LogP contribution >= 0.6 is 34.8 Å². The zero-order valence-corrected chi connectivity index (χ0v) is 25.9. The Kier molecular flexibility index (Phi) is 9.45. The number of hydrogen-bond donors (Lipinski definition) is 1. The molecule has 0 bridgehead atoms. The van der Waals surface area contributed by atoms with Crippen molar-refractivity contribution in [1.29, 1.82) is 0 Å². The summed E-state index contributed by atoms with van der Waals surface area (Å²) in [7, 11) is 0. The van der Waals surface area contributed by atoms with E-state index in [9.17, 15) is 4.79 Å². The molecule has 1 N–H and O–H groups in total. The molecule has 0 radical (unpaired) electrons. The fourth-order valence-electron chi connectivity index (χ4n) is 4.32. The van der Waals surface area contributed by atoms with Crippen LogP contribution in [0.25, 0.3) is 22.3 Å². The maximum absolute atomic E-state index is 12.5. The molecule has 0 saturated carbocycles. The van der Waals surface area contributed by atoms with Gasteiger partial charge in [0, 0.05) is 11.1 Å². The number of nitrogens with one attached hydrogen (secondary N) is 1. The molecule has 4 aromatic carbocycles. The zero-order chi connectivity index (χ0) is 31.9. The predicted octanol–water partition coefficient (Wildman–Crippen LogP) is 9.27. The number of ketones is 1. The van der Waals surface area contributed by atoms with E-state index in [0.717, 1.165) is 22.8 Å². The van der Waals surface area contributed by atoms with Crippen LogP contribution in [0.3, 0.4) is 0 Å². The fourth-order valence-corrected chi connectivity index (χ4v) is 5.03. The number of rotatable bonds is 7. The molecular formula is C34H21Cl3N6O3. The van der Waals surface area contributed by atoms with Crippen LogP contribution in [0.1, 0.15) is 15.9 Å². The summed E-state index contributed by atoms with van der Waals surface area (Å²) in [5.74, 6) is 2.55. The summed E-state index contributed by atoms with van der Waals surface area (Å²) >= 11 is 18.0. The van der Waals surface area contributed by atoms with E-state index in [0.29, 0.717) is 33.2 Å². The number of para-hydroxylation sites is 2. The minimum Gasteiger partial charge on any atom is -0.457 e. The van der Waals surface area contributed by atoms with Gasteiger partial charge in [0.15, 0.2) is 11.4 Å². The van der Waals surface area contributed by atoms with Crippen LogP contribution in [0.2, 0.25) is 15.5 Å². The molecular weight excluding hydrogens is 647 g/mol. The molecule has 3 aromatic heterocycles. The molecule has 0 atom stereocenters. The standard InChI is InChI=1S/C17H10Cl2N2O2.C17H11ClN4O/c18-16-14(17(19)21-10-20-16)15(22)11-6-8-13(9-7-11)23-12-4-2-1-3-5-12;18-16-14-15(21-22-17(14)20-10-19-16)11-6-8-13(9-7-11)23-12-4-2-1-3-5-12/h1-10H;1-10H,(H,19,20,21,22). The van der Waals surface area contributed by atoms with Crippen molar-refractivity contribution in [2.24, 2.45) is 0 Å². The number of halogens is 3. The molecule has 7 aromatic rings. The third-order valence-electron chi connectivity index (χ3n) is 6.50. The smallest absolute Gasteiger partial charge is 0.199 e. The van der Waals surface area contributed by atoms with Gasteiger partial charge in [-0.3, -0.25) is 9.89 Å². The number of carbonyl (C=O) groups is 1. The number of benzene rings is 4. The first-order valence-electron chi connectivity index (χ1n) is 13.7. The first-order chi connectivity index (χ1) is 22.5. The van der Waals surface area contributed by atoms with Crippen molar-refractivity contribution in [2.75, 3.05) is 0 Å². The summed E-state index contributed by atoms with van der Waals surface area (Å²) in [5.41, 5.74) is 2.78. The molecule has 0 spiro atoms. The van der Waals surface area contributed by atoms with Gasteiger partial charge in [-0.25, -0.2) is 19.9 Å². The summed E-state index contributed by atoms with van der Waals surface area (Å²) < 4.78 is 11.5. The minimum absolute atomic E-state index is 0.0274. The van der Waals surface area contributed by atoms with Crippen LogP contribution in [-0.2, 0) is 0 Å². The molecule has 0 saturated heterocycles. The highest BCUT2D eigenvalue weighted by Gasteiger charge is 2.19. The van der Waals surface area contributed by atoms with Gasteiger partial charge in [-0.15, -0.1) is 0 Å². The van der Waals surface area contributed by atoms with Gasteiger partial charge in [0.05, 0.1) is 16.6 Å². The molecule has 0 aliphatic heterocycles. The highest BCUT2D eigenvalue weighted by molar-refractivity contribution is 6.39. The zero-order valence-electron chi connectivity index (χ0n) is 23.6. The van der Waals surface area contributed by atoms with Crippen LogP contribution in [0.15, 0.2) is 122 Å². The molecule has 3 heterocycles. The Balaban J connectivity index is 0.000000162. The van der Waals surface area contributed by atoms with Crippen molar-refractivity contribution < 1.29 is 14.3 Å². The number of nitrogens with zero attached hydrogens (tertiary/aromatic N) is 5. The van der Waals surface area contributed by atoms with E-state index in [1.807, 2.05) is 84.9 Å². The summed E-state index contributed by atoms with van der Waals surface area (Å²) in [4.78, 5) is 28.1. The van der Waals surface area contributed by atoms with E-state index >= 15 is 0 Å². The van der Waals surface area contributed by atoms with E-state index in [1.54, 1.807) is 24.3 Å². The minimum atomic E-state index is -0.341. The second-order valence-electron chi connectivity index (χ2n) is 9.50. The van der Waals surface area contributed by atoms with Crippen molar-refractivity contribution in [2.45, 2.75) is 0 Å². The van der Waals surface area contributed by atoms with Crippen LogP contribution in [0.4, 0.5) is 0 Å². The predicted molar refractivity (Wildman–Crippen MR) is 177 cm³/mol. The number of aromatic amines is 1. The van der Waals surface area contributed by atoms with Crippen molar-refractivity contribution in [3.05, 3.63) is 148 Å². The van der Waals surface area contributed by atoms with Crippen molar-refractivity contribution in [1.82, 2.24) is 30.1 Å². The Labute approximate surface area is 277 Å². The van der Waals surface area contributed by atoms with Crippen LogP contribution < -0.4 is 9.47 Å². The van der Waals surface area contributed by atoms with Gasteiger partial charge in [0.25, 0.3) is 0 Å². The van der Waals surface area contributed by atoms with Gasteiger partial charge in [0.1, 0.15) is 51.1 Å². The Bertz CT molecular complexity index is 2070. The Hall–Kier alpha value is -5.35. The number of ether oxygens (including phenoxy) is 2. The van der Waals surface area contributed by atoms with E-state index in [4.69, 9.17) is 44.3 Å². The monoisotopic (exact) mass is 666 g/mol. The lowest BCUT2D eigenvalue weighted by Gasteiger charge is -2.07. The lowest BCUT2D eigenvalue weighted by atomic mass is 10.1. The summed E-state index contributed by atoms with van der Waals surface area (Å²) in [6.07, 6.45) is 2.60. The normalized spacial score (nSPS) is 10.6. The van der Waals surface area contributed by atoms with E-state index in [2.05, 4.69) is 30.1 Å². The molecule has 9 nitrogen and oxygen atoms in total. The van der Waals surface area contributed by atoms with Crippen LogP contribution in [0.5, 0.6) is 23.0 Å². The number of aromatic nitrogens is 6. The van der Waals surface area contributed by atoms with E-state index < -0.39 is 0 Å². The largest absolute Gasteiger partial charge is 0.457 e. The molecule has 226 valence electrons. The molecule has 0 fully saturated rings. The highest BCUT2D eigenvalue weighted by Crippen LogP contribution is 2.31. The number of H-pyrrole nitrogens is 1. The third kappa shape index (κ3) is 7.13. The summed E-state index contributed by atoms with van der Waals surface area (Å²) in [5, 5.41) is 8.26. The second kappa shape index (κ2) is 14.2. The Morgan fingerprint density at radius 3 is 1.61 bits per heavy atom. The quantitative estimate of drug-likeness (QED) is 0.132. The highest BCUT2D eigenvalue weighted by atomic mass is 35.5. The lowest BCUT2D eigenvalue weighted by molar-refractivity contribution is 0.103. The topological polar surface area (TPSA) is 116 Å². The molecule has 0 amide bonds. The Morgan fingerprint density at radius 1 is 0.565 bits per heavy atom. The molecule has 7 rings (SSSR count). The lowest BCUT2D eigenvalue weighted by Crippen LogP contribution is -2.05. The molecule has 46 heavy (non-hydrogen) atoms. The van der Waals surface area contributed by atoms with Crippen LogP contribution in [-0.4, -0.2) is 35.9 Å².